The number of aromatic hydroxyl groups is 1. The zero-order valence-corrected chi connectivity index (χ0v) is 23.3. The van der Waals surface area contributed by atoms with Crippen LogP contribution in [0.4, 0.5) is 11.4 Å². The lowest BCUT2D eigenvalue weighted by Crippen LogP contribution is -2.58. The first kappa shape index (κ1) is 28.0. The first-order valence-corrected chi connectivity index (χ1v) is 13.4. The van der Waals surface area contributed by atoms with E-state index in [2.05, 4.69) is 9.88 Å². The van der Waals surface area contributed by atoms with Crippen LogP contribution >= 0.6 is 0 Å². The number of amides is 1. The molecule has 10 nitrogen and oxygen atoms in total. The van der Waals surface area contributed by atoms with Crippen molar-refractivity contribution in [3.8, 4) is 5.88 Å². The van der Waals surface area contributed by atoms with Gasteiger partial charge in [0.25, 0.3) is 5.91 Å². The molecule has 10 heteroatoms. The fraction of sp³-hybridized carbons (Fsp3) is 0.258. The lowest BCUT2D eigenvalue weighted by Gasteiger charge is -2.47. The molecule has 2 N–H and O–H groups in total. The van der Waals surface area contributed by atoms with Crippen molar-refractivity contribution in [2.24, 2.45) is 4.99 Å². The van der Waals surface area contributed by atoms with Crippen molar-refractivity contribution in [2.45, 2.75) is 0 Å². The molecule has 0 saturated carbocycles. The van der Waals surface area contributed by atoms with Crippen LogP contribution in [0.3, 0.4) is 0 Å². The topological polar surface area (TPSA) is 121 Å². The van der Waals surface area contributed by atoms with Gasteiger partial charge < -0.3 is 29.6 Å². The number of hydrogen-bond acceptors (Lipinski definition) is 7. The third-order valence-electron chi connectivity index (χ3n) is 7.54. The largest absolute Gasteiger partial charge is 0.632 e. The van der Waals surface area contributed by atoms with Gasteiger partial charge in [0.15, 0.2) is 12.4 Å². The molecular weight excluding hydrogens is 522 g/mol. The maximum absolute atomic E-state index is 13.0. The van der Waals surface area contributed by atoms with Crippen molar-refractivity contribution in [1.82, 2.24) is 9.88 Å². The Morgan fingerprint density at radius 1 is 1.05 bits per heavy atom. The number of anilines is 1. The molecule has 212 valence electrons. The number of nitrogens with one attached hydrogen (secondary N) is 1. The van der Waals surface area contributed by atoms with E-state index in [1.165, 1.54) is 12.0 Å². The van der Waals surface area contributed by atoms with Gasteiger partial charge in [-0.3, -0.25) is 9.69 Å². The summed E-state index contributed by atoms with van der Waals surface area (Å²) in [6.07, 6.45) is 0. The van der Waals surface area contributed by atoms with E-state index in [9.17, 15) is 19.9 Å². The van der Waals surface area contributed by atoms with Gasteiger partial charge in [-0.25, -0.2) is 9.79 Å². The van der Waals surface area contributed by atoms with Crippen LogP contribution in [0, 0.1) is 5.21 Å². The summed E-state index contributed by atoms with van der Waals surface area (Å²) in [5.74, 6) is -0.787. The predicted molar refractivity (Wildman–Crippen MR) is 159 cm³/mol. The average molecular weight is 556 g/mol. The summed E-state index contributed by atoms with van der Waals surface area (Å²) in [7, 11) is 4.97. The van der Waals surface area contributed by atoms with Crippen molar-refractivity contribution in [3.05, 3.63) is 94.7 Å². The monoisotopic (exact) mass is 555 g/mol. The number of hydroxylamine groups is 3. The molecule has 1 fully saturated rings. The van der Waals surface area contributed by atoms with Gasteiger partial charge in [-0.2, -0.15) is 0 Å². The predicted octanol–water partition coefficient (Wildman–Crippen LogP) is 4.05. The highest BCUT2D eigenvalue weighted by atomic mass is 16.5. The summed E-state index contributed by atoms with van der Waals surface area (Å²) in [6, 6.07) is 21.7. The number of aromatic amines is 1. The van der Waals surface area contributed by atoms with Crippen LogP contribution < -0.4 is 4.90 Å². The number of nitrogens with zero attached hydrogens (tertiary/aromatic N) is 4. The molecule has 0 unspecified atom stereocenters. The van der Waals surface area contributed by atoms with E-state index in [0.29, 0.717) is 65.3 Å². The number of likely N-dealkylation sites (N-methyl/N-ethyl adjacent to an activating group) is 2. The Labute approximate surface area is 238 Å². The molecule has 5 rings (SSSR count). The highest BCUT2D eigenvalue weighted by molar-refractivity contribution is 6.22. The van der Waals surface area contributed by atoms with Gasteiger partial charge in [-0.1, -0.05) is 36.4 Å². The fourth-order valence-corrected chi connectivity index (χ4v) is 4.99. The third-order valence-corrected chi connectivity index (χ3v) is 7.54. The maximum atomic E-state index is 13.0. The van der Waals surface area contributed by atoms with E-state index in [1.54, 1.807) is 49.5 Å². The summed E-state index contributed by atoms with van der Waals surface area (Å²) in [5, 5.41) is 24.7. The van der Waals surface area contributed by atoms with Gasteiger partial charge >= 0.3 is 5.97 Å². The van der Waals surface area contributed by atoms with Crippen molar-refractivity contribution in [3.63, 3.8) is 0 Å². The number of fused-ring (bicyclic) bond motifs is 1. The quantitative estimate of drug-likeness (QED) is 0.154. The van der Waals surface area contributed by atoms with Crippen molar-refractivity contribution >= 4 is 39.9 Å². The number of benzene rings is 3. The highest BCUT2D eigenvalue weighted by Crippen LogP contribution is 2.32. The minimum absolute atomic E-state index is 0.0786. The Balaban J connectivity index is 1.45. The van der Waals surface area contributed by atoms with E-state index >= 15 is 0 Å². The van der Waals surface area contributed by atoms with Gasteiger partial charge in [0, 0.05) is 42.3 Å². The van der Waals surface area contributed by atoms with E-state index in [4.69, 9.17) is 9.73 Å². The number of ether oxygens (including phenoxy) is 1. The molecule has 1 saturated heterocycles. The summed E-state index contributed by atoms with van der Waals surface area (Å²) >= 11 is 0. The van der Waals surface area contributed by atoms with E-state index in [1.807, 2.05) is 37.4 Å². The van der Waals surface area contributed by atoms with Crippen molar-refractivity contribution in [2.75, 3.05) is 58.8 Å². The normalized spacial score (nSPS) is 15.6. The number of quaternary nitrogens is 1. The molecule has 0 spiro atoms. The summed E-state index contributed by atoms with van der Waals surface area (Å²) < 4.78 is 4.32. The molecule has 3 aromatic carbocycles. The first-order valence-electron chi connectivity index (χ1n) is 13.4. The number of piperazine rings is 1. The van der Waals surface area contributed by atoms with E-state index in [-0.39, 0.29) is 18.3 Å². The lowest BCUT2D eigenvalue weighted by molar-refractivity contribution is -0.877. The summed E-state index contributed by atoms with van der Waals surface area (Å²) in [4.78, 5) is 36.4. The molecule has 1 aliphatic heterocycles. The van der Waals surface area contributed by atoms with Crippen LogP contribution in [0.5, 0.6) is 5.88 Å². The van der Waals surface area contributed by atoms with Gasteiger partial charge in [0.2, 0.25) is 0 Å². The number of hydrogen-bond donors (Lipinski definition) is 2. The Kier molecular flexibility index (Phi) is 7.89. The SMILES string of the molecule is COC(=O)c1ccc2c(C(=Nc3ccc(N(C)C(=O)C[N+]4([O-])CCN(C)CC4)cc3)c3ccccc3)c(O)[nH]c2c1. The van der Waals surface area contributed by atoms with Gasteiger partial charge in [0.05, 0.1) is 42.7 Å². The number of esters is 1. The molecule has 1 aliphatic rings. The van der Waals surface area contributed by atoms with Crippen molar-refractivity contribution in [1.29, 1.82) is 0 Å². The van der Waals surface area contributed by atoms with Crippen LogP contribution in [0.1, 0.15) is 21.5 Å². The molecule has 4 aromatic rings. The molecule has 0 bridgehead atoms. The zero-order chi connectivity index (χ0) is 29.1. The van der Waals surface area contributed by atoms with E-state index in [0.717, 1.165) is 5.56 Å². The molecule has 1 amide bonds. The average Bonchev–Trinajstić information content (AvgIpc) is 3.32. The molecule has 1 aromatic heterocycles. The lowest BCUT2D eigenvalue weighted by atomic mass is 10.00. The standard InChI is InChI=1S/C31H33N5O5/c1-34-15-17-36(40,18-16-34)20-27(37)35(2)24-12-10-23(11-13-24)32-29(21-7-5-4-6-8-21)28-25-14-9-22(31(39)41-3)19-26(25)33-30(28)38/h4-14,19,33,38H,15-18,20H2,1-3H3. The molecule has 0 aliphatic carbocycles. The Morgan fingerprint density at radius 2 is 1.73 bits per heavy atom. The maximum Gasteiger partial charge on any atom is 0.337 e. The summed E-state index contributed by atoms with van der Waals surface area (Å²) in [5.41, 5.74) is 4.01. The van der Waals surface area contributed by atoms with Crippen LogP contribution in [-0.2, 0) is 9.53 Å². The molecule has 0 atom stereocenters. The third kappa shape index (κ3) is 5.99. The highest BCUT2D eigenvalue weighted by Gasteiger charge is 2.28. The van der Waals surface area contributed by atoms with Crippen molar-refractivity contribution < 1.29 is 24.1 Å². The number of carbonyl (C=O) groups is 2. The second-order valence-corrected chi connectivity index (χ2v) is 10.4. The van der Waals surface area contributed by atoms with Crippen LogP contribution in [0.15, 0.2) is 77.8 Å². The molecule has 2 heterocycles. The number of H-pyrrole nitrogens is 1. The summed E-state index contributed by atoms with van der Waals surface area (Å²) in [6.45, 7) is 2.05. The first-order chi connectivity index (χ1) is 19.7. The molecular formula is C31H33N5O5. The Bertz CT molecular complexity index is 1590. The number of aliphatic imine (C=N–C) groups is 1. The minimum Gasteiger partial charge on any atom is -0.632 e. The number of carbonyl (C=O) groups excluding carboxylic acids is 2. The Morgan fingerprint density at radius 3 is 2.39 bits per heavy atom. The zero-order valence-electron chi connectivity index (χ0n) is 23.3. The second kappa shape index (κ2) is 11.5. The van der Waals surface area contributed by atoms with Gasteiger partial charge in [-0.15, -0.1) is 0 Å². The fourth-order valence-electron chi connectivity index (χ4n) is 4.99. The smallest absolute Gasteiger partial charge is 0.337 e. The number of rotatable bonds is 7. The van der Waals surface area contributed by atoms with Crippen LogP contribution in [0.2, 0.25) is 0 Å². The van der Waals surface area contributed by atoms with Crippen LogP contribution in [0.25, 0.3) is 10.9 Å². The number of methoxy groups -OCH3 is 1. The number of aromatic nitrogens is 1. The second-order valence-electron chi connectivity index (χ2n) is 10.4. The minimum atomic E-state index is -0.508. The van der Waals surface area contributed by atoms with E-state index < -0.39 is 10.6 Å². The van der Waals surface area contributed by atoms with Gasteiger partial charge in [-0.05, 0) is 43.4 Å². The van der Waals surface area contributed by atoms with Crippen LogP contribution in [-0.4, -0.2) is 91.2 Å². The Hall–Kier alpha value is -4.51. The molecule has 41 heavy (non-hydrogen) atoms. The molecule has 0 radical (unpaired) electrons. The van der Waals surface area contributed by atoms with Gasteiger partial charge in [0.1, 0.15) is 0 Å².